The van der Waals surface area contributed by atoms with Gasteiger partial charge in [0.2, 0.25) is 0 Å². The monoisotopic (exact) mass is 205 g/mol. The van der Waals surface area contributed by atoms with Crippen molar-refractivity contribution in [2.75, 3.05) is 0 Å². The molecule has 0 unspecified atom stereocenters. The van der Waals surface area contributed by atoms with E-state index in [-0.39, 0.29) is 0 Å². The van der Waals surface area contributed by atoms with Crippen LogP contribution in [0.4, 0.5) is 0 Å². The van der Waals surface area contributed by atoms with Gasteiger partial charge in [-0.15, -0.1) is 0 Å². The minimum atomic E-state index is 0.531. The molecule has 4 aliphatic rings. The standard InChI is InChI=1S/C15H25/c1-11-5-6-12-13(2,3)14(4)7-9-15(11,12)10-8-14/h7,11-12H,5-6,8-10H2,1-4H3/q+1/t11-,12-,14-,15+/m1/s1. The van der Waals surface area contributed by atoms with Crippen molar-refractivity contribution in [3.8, 4) is 0 Å². The minimum Gasteiger partial charge on any atom is -0.0618 e. The zero-order valence-electron chi connectivity index (χ0n) is 10.8. The lowest BCUT2D eigenvalue weighted by atomic mass is 9.39. The minimum absolute atomic E-state index is 0.531. The molecule has 4 rings (SSSR count). The highest BCUT2D eigenvalue weighted by Gasteiger charge is 2.70. The van der Waals surface area contributed by atoms with Crippen LogP contribution in [0, 0.1) is 34.5 Å². The van der Waals surface area contributed by atoms with Crippen LogP contribution in [-0.4, -0.2) is 0 Å². The molecule has 0 heteroatoms. The van der Waals surface area contributed by atoms with Crippen molar-refractivity contribution in [2.24, 2.45) is 28.1 Å². The third kappa shape index (κ3) is 0.929. The second-order valence-electron chi connectivity index (χ2n) is 7.31. The topological polar surface area (TPSA) is 0 Å². The van der Waals surface area contributed by atoms with Crippen LogP contribution in [0.15, 0.2) is 0 Å². The van der Waals surface area contributed by atoms with Crippen LogP contribution < -0.4 is 0 Å². The van der Waals surface area contributed by atoms with Crippen LogP contribution >= 0.6 is 0 Å². The number of hydrogen-bond acceptors (Lipinski definition) is 0. The van der Waals surface area contributed by atoms with Gasteiger partial charge in [0.25, 0.3) is 0 Å². The first-order chi connectivity index (χ1) is 6.92. The maximum Gasteiger partial charge on any atom is 0.110 e. The van der Waals surface area contributed by atoms with Gasteiger partial charge >= 0.3 is 0 Å². The van der Waals surface area contributed by atoms with Crippen molar-refractivity contribution >= 4 is 0 Å². The van der Waals surface area contributed by atoms with Gasteiger partial charge in [-0.1, -0.05) is 20.8 Å². The van der Waals surface area contributed by atoms with Crippen LogP contribution in [0.5, 0.6) is 0 Å². The van der Waals surface area contributed by atoms with E-state index >= 15 is 0 Å². The van der Waals surface area contributed by atoms with E-state index in [2.05, 4.69) is 34.1 Å². The first-order valence-corrected chi connectivity index (χ1v) is 6.77. The van der Waals surface area contributed by atoms with Gasteiger partial charge < -0.3 is 0 Å². The summed E-state index contributed by atoms with van der Waals surface area (Å²) in [6.07, 6.45) is 10.0. The van der Waals surface area contributed by atoms with E-state index in [0.717, 1.165) is 11.8 Å². The highest BCUT2D eigenvalue weighted by molar-refractivity contribution is 5.20. The molecule has 4 aliphatic carbocycles. The molecule has 0 aromatic rings. The molecule has 15 heavy (non-hydrogen) atoms. The molecule has 0 radical (unpaired) electrons. The molecule has 4 atom stereocenters. The van der Waals surface area contributed by atoms with E-state index in [0.29, 0.717) is 16.2 Å². The lowest BCUT2D eigenvalue weighted by Gasteiger charge is -2.60. The molecule has 0 amide bonds. The lowest BCUT2D eigenvalue weighted by molar-refractivity contribution is -0.128. The Morgan fingerprint density at radius 2 is 1.80 bits per heavy atom. The van der Waals surface area contributed by atoms with E-state index in [1.54, 1.807) is 0 Å². The van der Waals surface area contributed by atoms with Crippen molar-refractivity contribution < 1.29 is 0 Å². The number of rotatable bonds is 0. The van der Waals surface area contributed by atoms with E-state index in [4.69, 9.17) is 0 Å². The van der Waals surface area contributed by atoms with Gasteiger partial charge in [-0.3, -0.25) is 0 Å². The second-order valence-corrected chi connectivity index (χ2v) is 7.31. The number of hydrogen-bond donors (Lipinski definition) is 0. The van der Waals surface area contributed by atoms with Gasteiger partial charge in [-0.2, -0.15) is 0 Å². The van der Waals surface area contributed by atoms with Gasteiger partial charge in [0.05, 0.1) is 12.8 Å². The van der Waals surface area contributed by atoms with Gasteiger partial charge in [0.15, 0.2) is 0 Å². The van der Waals surface area contributed by atoms with Crippen molar-refractivity contribution in [1.29, 1.82) is 0 Å². The van der Waals surface area contributed by atoms with Crippen LogP contribution in [-0.2, 0) is 0 Å². The van der Waals surface area contributed by atoms with Crippen molar-refractivity contribution in [2.45, 2.75) is 59.8 Å². The zero-order valence-corrected chi connectivity index (χ0v) is 10.8. The Morgan fingerprint density at radius 3 is 2.40 bits per heavy atom. The Kier molecular flexibility index (Phi) is 1.73. The average molecular weight is 205 g/mol. The quantitative estimate of drug-likeness (QED) is 0.512. The highest BCUT2D eigenvalue weighted by atomic mass is 14.7. The van der Waals surface area contributed by atoms with E-state index in [9.17, 15) is 0 Å². The third-order valence-electron chi connectivity index (χ3n) is 6.95. The average Bonchev–Trinajstić information content (AvgIpc) is 2.50. The van der Waals surface area contributed by atoms with Gasteiger partial charge in [0, 0.05) is 10.8 Å². The first-order valence-electron chi connectivity index (χ1n) is 6.77. The summed E-state index contributed by atoms with van der Waals surface area (Å²) in [4.78, 5) is 0. The molecule has 4 saturated carbocycles. The normalized spacial score (nSPS) is 56.3. The molecule has 1 spiro atoms. The molecule has 0 saturated heterocycles. The molecule has 0 aromatic heterocycles. The molecule has 84 valence electrons. The van der Waals surface area contributed by atoms with E-state index in [1.807, 2.05) is 0 Å². The fourth-order valence-electron chi connectivity index (χ4n) is 5.27. The largest absolute Gasteiger partial charge is 0.110 e. The van der Waals surface area contributed by atoms with Crippen molar-refractivity contribution in [3.63, 3.8) is 0 Å². The predicted octanol–water partition coefficient (Wildman–Crippen LogP) is 4.45. The van der Waals surface area contributed by atoms with E-state index in [1.165, 1.54) is 32.1 Å². The van der Waals surface area contributed by atoms with Gasteiger partial charge in [-0.25, -0.2) is 0 Å². The summed E-state index contributed by atoms with van der Waals surface area (Å²) in [5.41, 5.74) is 1.79. The van der Waals surface area contributed by atoms with Crippen molar-refractivity contribution in [1.82, 2.24) is 0 Å². The van der Waals surface area contributed by atoms with Gasteiger partial charge in [-0.05, 0) is 44.4 Å². The van der Waals surface area contributed by atoms with Crippen LogP contribution in [0.25, 0.3) is 0 Å². The second kappa shape index (κ2) is 2.57. The van der Waals surface area contributed by atoms with Crippen molar-refractivity contribution in [3.05, 3.63) is 6.42 Å². The Morgan fingerprint density at radius 1 is 1.07 bits per heavy atom. The summed E-state index contributed by atoms with van der Waals surface area (Å²) in [6.45, 7) is 10.1. The summed E-state index contributed by atoms with van der Waals surface area (Å²) >= 11 is 0. The molecule has 2 bridgehead atoms. The maximum atomic E-state index is 2.69. The lowest BCUT2D eigenvalue weighted by Crippen LogP contribution is -2.57. The maximum absolute atomic E-state index is 2.69. The SMILES string of the molecule is C[C@@H]1CC[C@@H]2C(C)(C)[C@]3(C)[CH+]C[C@]12CC3. The highest BCUT2D eigenvalue weighted by Crippen LogP contribution is 2.73. The molecule has 0 N–H and O–H groups in total. The Bertz CT molecular complexity index is 278. The Labute approximate surface area is 94.8 Å². The molecule has 0 heterocycles. The van der Waals surface area contributed by atoms with Crippen LogP contribution in [0.2, 0.25) is 0 Å². The molecule has 0 nitrogen and oxygen atoms in total. The summed E-state index contributed by atoms with van der Waals surface area (Å²) in [5.74, 6) is 1.98. The Hall–Kier alpha value is -0.130. The van der Waals surface area contributed by atoms with Crippen LogP contribution in [0.3, 0.4) is 0 Å². The molecule has 4 fully saturated rings. The molecular weight excluding hydrogens is 180 g/mol. The summed E-state index contributed by atoms with van der Waals surface area (Å²) in [7, 11) is 0. The van der Waals surface area contributed by atoms with Crippen LogP contribution in [0.1, 0.15) is 59.8 Å². The smallest absolute Gasteiger partial charge is 0.0618 e. The fraction of sp³-hybridized carbons (Fsp3) is 0.933. The molecular formula is C15H25+. The molecule has 0 aromatic carbocycles. The summed E-state index contributed by atoms with van der Waals surface area (Å²) < 4.78 is 0. The summed E-state index contributed by atoms with van der Waals surface area (Å²) in [5, 5.41) is 0. The van der Waals surface area contributed by atoms with E-state index < -0.39 is 0 Å². The fourth-order valence-corrected chi connectivity index (χ4v) is 5.27. The Balaban J connectivity index is 2.08. The number of fused-ring (bicyclic) bond motifs is 2. The predicted molar refractivity (Wildman–Crippen MR) is 64.4 cm³/mol. The third-order valence-corrected chi connectivity index (χ3v) is 6.95. The first kappa shape index (κ1) is 10.1. The van der Waals surface area contributed by atoms with Gasteiger partial charge in [0.1, 0.15) is 5.41 Å². The summed E-state index contributed by atoms with van der Waals surface area (Å²) in [6, 6.07) is 0. The zero-order chi connectivity index (χ0) is 10.9. The molecule has 0 aliphatic heterocycles.